The number of Topliss-reactive ketones (excluding diaryl/α,β-unsaturated/α-hetero) is 1. The number of rotatable bonds is 3. The molecule has 0 bridgehead atoms. The van der Waals surface area contributed by atoms with Crippen molar-refractivity contribution in [1.29, 1.82) is 0 Å². The van der Waals surface area contributed by atoms with Gasteiger partial charge in [0.15, 0.2) is 5.78 Å². The molecule has 0 aliphatic carbocycles. The summed E-state index contributed by atoms with van der Waals surface area (Å²) in [4.78, 5) is 21.4. The number of nitrogens with zero attached hydrogens (tertiary/aromatic N) is 1. The number of nitro groups is 1. The molecule has 5 heteroatoms. The van der Waals surface area contributed by atoms with E-state index in [1.165, 1.54) is 18.2 Å². The number of hydrogen-bond acceptors (Lipinski definition) is 3. The zero-order valence-corrected chi connectivity index (χ0v) is 8.25. The monoisotopic (exact) mass is 213 g/mol. The van der Waals surface area contributed by atoms with Gasteiger partial charge in [-0.25, -0.2) is 0 Å². The van der Waals surface area contributed by atoms with Gasteiger partial charge in [0.25, 0.3) is 5.69 Å². The maximum atomic E-state index is 11.4. The second kappa shape index (κ2) is 4.19. The Bertz CT molecular complexity index is 390. The molecule has 74 valence electrons. The van der Waals surface area contributed by atoms with Gasteiger partial charge in [0.2, 0.25) is 0 Å². The molecule has 0 spiro atoms. The Morgan fingerprint density at radius 1 is 1.57 bits per heavy atom. The second-order valence-electron chi connectivity index (χ2n) is 2.67. The average molecular weight is 214 g/mol. The summed E-state index contributed by atoms with van der Waals surface area (Å²) in [6.45, 7) is 1.63. The molecule has 0 saturated carbocycles. The molecule has 0 unspecified atom stereocenters. The fourth-order valence-corrected chi connectivity index (χ4v) is 1.39. The van der Waals surface area contributed by atoms with Crippen LogP contribution in [-0.2, 0) is 0 Å². The van der Waals surface area contributed by atoms with Crippen LogP contribution in [0, 0.1) is 10.1 Å². The maximum Gasteiger partial charge on any atom is 0.281 e. The van der Waals surface area contributed by atoms with Crippen molar-refractivity contribution < 1.29 is 9.72 Å². The number of benzene rings is 1. The van der Waals surface area contributed by atoms with Crippen molar-refractivity contribution in [3.63, 3.8) is 0 Å². The van der Waals surface area contributed by atoms with Crippen molar-refractivity contribution in [2.24, 2.45) is 0 Å². The molecule has 0 N–H and O–H groups in total. The van der Waals surface area contributed by atoms with Crippen molar-refractivity contribution in [3.8, 4) is 0 Å². The topological polar surface area (TPSA) is 60.2 Å². The Hall–Kier alpha value is -1.42. The first-order valence-electron chi connectivity index (χ1n) is 4.04. The fourth-order valence-electron chi connectivity index (χ4n) is 1.12. The highest BCUT2D eigenvalue weighted by molar-refractivity contribution is 6.34. The van der Waals surface area contributed by atoms with Crippen molar-refractivity contribution in [1.82, 2.24) is 0 Å². The number of halogens is 1. The molecule has 0 fully saturated rings. The minimum absolute atomic E-state index is 0.00154. The van der Waals surface area contributed by atoms with Gasteiger partial charge in [0.1, 0.15) is 5.56 Å². The first-order chi connectivity index (χ1) is 6.57. The molecule has 0 aliphatic rings. The third kappa shape index (κ3) is 1.90. The Kier molecular flexibility index (Phi) is 3.19. The Labute approximate surface area is 85.6 Å². The Morgan fingerprint density at radius 3 is 2.71 bits per heavy atom. The van der Waals surface area contributed by atoms with E-state index in [1.54, 1.807) is 6.92 Å². The number of carbonyl (C=O) groups excluding carboxylic acids is 1. The normalized spacial score (nSPS) is 9.86. The van der Waals surface area contributed by atoms with E-state index in [4.69, 9.17) is 11.6 Å². The molecule has 0 aliphatic heterocycles. The summed E-state index contributed by atoms with van der Waals surface area (Å²) in [5, 5.41) is 10.7. The zero-order chi connectivity index (χ0) is 10.7. The maximum absolute atomic E-state index is 11.4. The van der Waals surface area contributed by atoms with Crippen LogP contribution < -0.4 is 0 Å². The first-order valence-corrected chi connectivity index (χ1v) is 4.41. The second-order valence-corrected chi connectivity index (χ2v) is 3.08. The lowest BCUT2D eigenvalue weighted by atomic mass is 10.1. The third-order valence-corrected chi connectivity index (χ3v) is 2.10. The average Bonchev–Trinajstić information content (AvgIpc) is 2.16. The highest BCUT2D eigenvalue weighted by Crippen LogP contribution is 2.27. The van der Waals surface area contributed by atoms with Gasteiger partial charge in [-0.3, -0.25) is 14.9 Å². The summed E-state index contributed by atoms with van der Waals surface area (Å²) >= 11 is 5.72. The van der Waals surface area contributed by atoms with Crippen molar-refractivity contribution in [3.05, 3.63) is 38.9 Å². The molecule has 0 atom stereocenters. The number of hydrogen-bond donors (Lipinski definition) is 0. The molecular formula is C9H8ClNO3. The van der Waals surface area contributed by atoms with Crippen LogP contribution in [0.2, 0.25) is 5.02 Å². The van der Waals surface area contributed by atoms with Crippen LogP contribution in [0.4, 0.5) is 5.69 Å². The largest absolute Gasteiger partial charge is 0.294 e. The summed E-state index contributed by atoms with van der Waals surface area (Å²) < 4.78 is 0. The Balaban J connectivity index is 3.36. The summed E-state index contributed by atoms with van der Waals surface area (Å²) in [5.41, 5.74) is -0.231. The molecular weight excluding hydrogens is 206 g/mol. The Morgan fingerprint density at radius 2 is 2.21 bits per heavy atom. The van der Waals surface area contributed by atoms with Crippen LogP contribution in [0.15, 0.2) is 18.2 Å². The van der Waals surface area contributed by atoms with E-state index < -0.39 is 4.92 Å². The van der Waals surface area contributed by atoms with Crippen LogP contribution in [0.5, 0.6) is 0 Å². The summed E-state index contributed by atoms with van der Waals surface area (Å²) in [7, 11) is 0. The van der Waals surface area contributed by atoms with E-state index in [0.717, 1.165) is 0 Å². The predicted octanol–water partition coefficient (Wildman–Crippen LogP) is 2.84. The van der Waals surface area contributed by atoms with E-state index in [-0.39, 0.29) is 28.5 Å². The highest BCUT2D eigenvalue weighted by atomic mass is 35.5. The van der Waals surface area contributed by atoms with Gasteiger partial charge in [0.05, 0.1) is 9.95 Å². The van der Waals surface area contributed by atoms with E-state index in [2.05, 4.69) is 0 Å². The van der Waals surface area contributed by atoms with E-state index in [0.29, 0.717) is 0 Å². The van der Waals surface area contributed by atoms with Crippen LogP contribution >= 0.6 is 11.6 Å². The number of nitro benzene ring substituents is 1. The minimum atomic E-state index is -0.602. The van der Waals surface area contributed by atoms with Gasteiger partial charge in [-0.2, -0.15) is 0 Å². The lowest BCUT2D eigenvalue weighted by Gasteiger charge is -2.01. The fraction of sp³-hybridized carbons (Fsp3) is 0.222. The summed E-state index contributed by atoms with van der Waals surface area (Å²) in [6.07, 6.45) is 0.199. The smallest absolute Gasteiger partial charge is 0.281 e. The van der Waals surface area contributed by atoms with Crippen molar-refractivity contribution in [2.45, 2.75) is 13.3 Å². The van der Waals surface area contributed by atoms with E-state index >= 15 is 0 Å². The van der Waals surface area contributed by atoms with Crippen LogP contribution in [0.3, 0.4) is 0 Å². The molecule has 0 saturated heterocycles. The van der Waals surface area contributed by atoms with Gasteiger partial charge in [-0.1, -0.05) is 24.6 Å². The SMILES string of the molecule is CCC(=O)c1c(Cl)cccc1[N+](=O)[O-]. The molecule has 0 amide bonds. The molecule has 1 aromatic rings. The summed E-state index contributed by atoms with van der Waals surface area (Å²) in [6, 6.07) is 4.19. The van der Waals surface area contributed by atoms with Gasteiger partial charge in [-0.05, 0) is 6.07 Å². The quantitative estimate of drug-likeness (QED) is 0.441. The third-order valence-electron chi connectivity index (χ3n) is 1.79. The molecule has 1 aromatic carbocycles. The molecule has 0 aromatic heterocycles. The number of carbonyl (C=O) groups is 1. The molecule has 0 heterocycles. The molecule has 14 heavy (non-hydrogen) atoms. The first kappa shape index (κ1) is 10.7. The molecule has 1 rings (SSSR count). The van der Waals surface area contributed by atoms with Gasteiger partial charge in [0, 0.05) is 12.5 Å². The zero-order valence-electron chi connectivity index (χ0n) is 7.49. The van der Waals surface area contributed by atoms with Gasteiger partial charge < -0.3 is 0 Å². The lowest BCUT2D eigenvalue weighted by molar-refractivity contribution is -0.385. The van der Waals surface area contributed by atoms with Crippen LogP contribution in [0.1, 0.15) is 23.7 Å². The molecule has 0 radical (unpaired) electrons. The van der Waals surface area contributed by atoms with Crippen molar-refractivity contribution in [2.75, 3.05) is 0 Å². The number of ketones is 1. The van der Waals surface area contributed by atoms with Crippen LogP contribution in [-0.4, -0.2) is 10.7 Å². The molecule has 4 nitrogen and oxygen atoms in total. The summed E-state index contributed by atoms with van der Waals surface area (Å²) in [5.74, 6) is -0.317. The van der Waals surface area contributed by atoms with E-state index in [9.17, 15) is 14.9 Å². The van der Waals surface area contributed by atoms with Gasteiger partial charge >= 0.3 is 0 Å². The highest BCUT2D eigenvalue weighted by Gasteiger charge is 2.21. The predicted molar refractivity (Wildman–Crippen MR) is 52.7 cm³/mol. The van der Waals surface area contributed by atoms with Gasteiger partial charge in [-0.15, -0.1) is 0 Å². The van der Waals surface area contributed by atoms with Crippen LogP contribution in [0.25, 0.3) is 0 Å². The standard InChI is InChI=1S/C9H8ClNO3/c1-2-8(12)9-6(10)4-3-5-7(9)11(13)14/h3-5H,2H2,1H3. The van der Waals surface area contributed by atoms with E-state index in [1.807, 2.05) is 0 Å². The lowest BCUT2D eigenvalue weighted by Crippen LogP contribution is -2.03. The minimum Gasteiger partial charge on any atom is -0.294 e. The van der Waals surface area contributed by atoms with Crippen molar-refractivity contribution >= 4 is 23.1 Å².